The number of aliphatic hydroxyl groups is 1. The van der Waals surface area contributed by atoms with Gasteiger partial charge in [0, 0.05) is 24.9 Å². The van der Waals surface area contributed by atoms with Crippen molar-refractivity contribution in [1.82, 2.24) is 15.0 Å². The van der Waals surface area contributed by atoms with Crippen LogP contribution in [-0.2, 0) is 32.2 Å². The zero-order valence-corrected chi connectivity index (χ0v) is 23.6. The first kappa shape index (κ1) is 29.0. The molecule has 5 rings (SSSR count). The standard InChI is InChI=1S/C29H45F2N3O5/c1-27(36)9-8-21-19(14-27)4-5-22-23(21)15-29(30,31)28(2)24(22)6-7-25(28)26(35)17-34-16-20(32-33-34)18-39-13-12-38-11-10-37-3/h16,19,21-25,36H,4-15,17-18H2,1-3H3/t19-,21+,22-,23-,24+,25-,27-,28+/m1/s1. The highest BCUT2D eigenvalue weighted by atomic mass is 19.3. The van der Waals surface area contributed by atoms with Crippen molar-refractivity contribution in [3.05, 3.63) is 11.9 Å². The van der Waals surface area contributed by atoms with E-state index < -0.39 is 22.9 Å². The molecule has 0 amide bonds. The van der Waals surface area contributed by atoms with Crippen LogP contribution >= 0.6 is 0 Å². The molecule has 0 unspecified atom stereocenters. The first-order valence-electron chi connectivity index (χ1n) is 14.7. The number of Topliss-reactive ketones (excluding diaryl/α,β-unsaturated/α-hetero) is 1. The lowest BCUT2D eigenvalue weighted by molar-refractivity contribution is -0.228. The molecular weight excluding hydrogens is 508 g/mol. The summed E-state index contributed by atoms with van der Waals surface area (Å²) < 4.78 is 49.6. The number of alkyl halides is 2. The van der Waals surface area contributed by atoms with Crippen LogP contribution in [0.2, 0.25) is 0 Å². The molecule has 39 heavy (non-hydrogen) atoms. The van der Waals surface area contributed by atoms with Gasteiger partial charge in [-0.3, -0.25) is 4.79 Å². The highest BCUT2D eigenvalue weighted by molar-refractivity contribution is 5.82. The Kier molecular flexibility index (Phi) is 8.49. The molecular formula is C29H45F2N3O5. The third-order valence-electron chi connectivity index (χ3n) is 10.7. The second kappa shape index (κ2) is 11.4. The number of hydrogen-bond acceptors (Lipinski definition) is 7. The number of fused-ring (bicyclic) bond motifs is 5. The highest BCUT2D eigenvalue weighted by Crippen LogP contribution is 2.69. The maximum Gasteiger partial charge on any atom is 0.254 e. The number of ether oxygens (including phenoxy) is 3. The van der Waals surface area contributed by atoms with E-state index in [9.17, 15) is 9.90 Å². The first-order valence-corrected chi connectivity index (χ1v) is 14.7. The van der Waals surface area contributed by atoms with Gasteiger partial charge in [-0.05, 0) is 81.5 Å². The lowest BCUT2D eigenvalue weighted by atomic mass is 9.47. The summed E-state index contributed by atoms with van der Waals surface area (Å²) in [5, 5.41) is 18.7. The first-order chi connectivity index (χ1) is 18.6. The summed E-state index contributed by atoms with van der Waals surface area (Å²) in [7, 11) is 1.62. The number of nitrogens with zero attached hydrogens (tertiary/aromatic N) is 3. The van der Waals surface area contributed by atoms with Crippen LogP contribution in [-0.4, -0.2) is 70.9 Å². The van der Waals surface area contributed by atoms with E-state index in [1.165, 1.54) is 4.68 Å². The van der Waals surface area contributed by atoms with Gasteiger partial charge in [0.1, 0.15) is 12.2 Å². The van der Waals surface area contributed by atoms with Crippen LogP contribution in [0.5, 0.6) is 0 Å². The predicted molar refractivity (Wildman–Crippen MR) is 139 cm³/mol. The van der Waals surface area contributed by atoms with Gasteiger partial charge in [-0.2, -0.15) is 0 Å². The van der Waals surface area contributed by atoms with Gasteiger partial charge in [-0.25, -0.2) is 13.5 Å². The Balaban J connectivity index is 1.20. The zero-order valence-electron chi connectivity index (χ0n) is 23.6. The molecule has 220 valence electrons. The Morgan fingerprint density at radius 3 is 2.59 bits per heavy atom. The lowest BCUT2D eigenvalue weighted by Crippen LogP contribution is -2.59. The van der Waals surface area contributed by atoms with Gasteiger partial charge in [0.05, 0.1) is 44.8 Å². The molecule has 10 heteroatoms. The molecule has 1 heterocycles. The van der Waals surface area contributed by atoms with Crippen molar-refractivity contribution < 1.29 is 32.9 Å². The molecule has 0 spiro atoms. The Morgan fingerprint density at radius 2 is 1.79 bits per heavy atom. The Bertz CT molecular complexity index is 1000. The Hall–Kier alpha value is -1.49. The van der Waals surface area contributed by atoms with E-state index in [-0.39, 0.29) is 49.0 Å². The van der Waals surface area contributed by atoms with E-state index in [2.05, 4.69) is 10.3 Å². The summed E-state index contributed by atoms with van der Waals surface area (Å²) in [4.78, 5) is 13.5. The quantitative estimate of drug-likeness (QED) is 0.409. The Labute approximate surface area is 230 Å². The number of halogens is 2. The van der Waals surface area contributed by atoms with Crippen molar-refractivity contribution in [1.29, 1.82) is 0 Å². The van der Waals surface area contributed by atoms with Gasteiger partial charge >= 0.3 is 0 Å². The van der Waals surface area contributed by atoms with Gasteiger partial charge in [0.25, 0.3) is 5.92 Å². The molecule has 1 aromatic heterocycles. The van der Waals surface area contributed by atoms with Crippen LogP contribution in [0.4, 0.5) is 8.78 Å². The molecule has 8 nitrogen and oxygen atoms in total. The molecule has 4 fully saturated rings. The van der Waals surface area contributed by atoms with E-state index in [0.717, 1.165) is 25.7 Å². The fourth-order valence-corrected chi connectivity index (χ4v) is 8.84. The summed E-state index contributed by atoms with van der Waals surface area (Å²) in [6, 6.07) is 0. The van der Waals surface area contributed by atoms with E-state index >= 15 is 8.78 Å². The maximum absolute atomic E-state index is 16.2. The average molecular weight is 554 g/mol. The van der Waals surface area contributed by atoms with Crippen LogP contribution in [0, 0.1) is 40.9 Å². The highest BCUT2D eigenvalue weighted by Gasteiger charge is 2.70. The van der Waals surface area contributed by atoms with Gasteiger partial charge in [0.15, 0.2) is 5.78 Å². The fraction of sp³-hybridized carbons (Fsp3) is 0.897. The van der Waals surface area contributed by atoms with Crippen molar-refractivity contribution in [3.63, 3.8) is 0 Å². The molecule has 4 saturated carbocycles. The van der Waals surface area contributed by atoms with Crippen LogP contribution in [0.15, 0.2) is 6.20 Å². The molecule has 1 N–H and O–H groups in total. The van der Waals surface area contributed by atoms with Crippen molar-refractivity contribution in [2.45, 2.75) is 89.9 Å². The van der Waals surface area contributed by atoms with Crippen LogP contribution < -0.4 is 0 Å². The van der Waals surface area contributed by atoms with Gasteiger partial charge < -0.3 is 19.3 Å². The molecule has 1 aromatic rings. The van der Waals surface area contributed by atoms with Gasteiger partial charge in [-0.15, -0.1) is 5.10 Å². The number of ketones is 1. The minimum atomic E-state index is -2.90. The van der Waals surface area contributed by atoms with Crippen LogP contribution in [0.1, 0.15) is 70.9 Å². The SMILES string of the molecule is COCCOCCOCc1cn(CC(=O)[C@H]2CC[C@H]3[C@@H]4CC[C@@H]5C[C@](C)(O)CC[C@@H]5[C@H]4CC(F)(F)[C@]23C)nn1. The van der Waals surface area contributed by atoms with Crippen molar-refractivity contribution in [3.8, 4) is 0 Å². The van der Waals surface area contributed by atoms with Crippen LogP contribution in [0.25, 0.3) is 0 Å². The van der Waals surface area contributed by atoms with E-state index in [1.54, 1.807) is 20.2 Å². The zero-order chi connectivity index (χ0) is 27.8. The topological polar surface area (TPSA) is 95.7 Å². The molecule has 0 aliphatic heterocycles. The van der Waals surface area contributed by atoms with Gasteiger partial charge in [-0.1, -0.05) is 12.1 Å². The maximum atomic E-state index is 16.2. The van der Waals surface area contributed by atoms with Crippen LogP contribution in [0.3, 0.4) is 0 Å². The van der Waals surface area contributed by atoms with Crippen molar-refractivity contribution in [2.75, 3.05) is 33.5 Å². The summed E-state index contributed by atoms with van der Waals surface area (Å²) in [5.41, 5.74) is -1.41. The van der Waals surface area contributed by atoms with Crippen molar-refractivity contribution >= 4 is 5.78 Å². The molecule has 4 aliphatic carbocycles. The average Bonchev–Trinajstić information content (AvgIpc) is 3.47. The third kappa shape index (κ3) is 5.68. The minimum Gasteiger partial charge on any atom is -0.390 e. The van der Waals surface area contributed by atoms with E-state index in [0.29, 0.717) is 57.3 Å². The number of aromatic nitrogens is 3. The number of hydrogen-bond donors (Lipinski definition) is 1. The molecule has 0 aromatic carbocycles. The second-order valence-electron chi connectivity index (χ2n) is 13.0. The Morgan fingerprint density at radius 1 is 1.03 bits per heavy atom. The predicted octanol–water partition coefficient (Wildman–Crippen LogP) is 4.29. The lowest BCUT2D eigenvalue weighted by Gasteiger charge is -2.59. The number of carbonyl (C=O) groups excluding carboxylic acids is 1. The molecule has 4 aliphatic rings. The summed E-state index contributed by atoms with van der Waals surface area (Å²) in [6.45, 7) is 5.64. The second-order valence-corrected chi connectivity index (χ2v) is 13.0. The monoisotopic (exact) mass is 553 g/mol. The molecule has 8 atom stereocenters. The smallest absolute Gasteiger partial charge is 0.254 e. The molecule has 0 bridgehead atoms. The van der Waals surface area contributed by atoms with E-state index in [4.69, 9.17) is 14.2 Å². The fourth-order valence-electron chi connectivity index (χ4n) is 8.84. The minimum absolute atomic E-state index is 0.00923. The van der Waals surface area contributed by atoms with Gasteiger partial charge in [0.2, 0.25) is 0 Å². The van der Waals surface area contributed by atoms with E-state index in [1.807, 2.05) is 6.92 Å². The largest absolute Gasteiger partial charge is 0.390 e. The van der Waals surface area contributed by atoms with Crippen molar-refractivity contribution in [2.24, 2.45) is 40.9 Å². The number of carbonyl (C=O) groups is 1. The number of rotatable bonds is 11. The summed E-state index contributed by atoms with van der Waals surface area (Å²) >= 11 is 0. The normalized spacial score (nSPS) is 39.1. The summed E-state index contributed by atoms with van der Waals surface area (Å²) in [5.74, 6) is -3.07. The summed E-state index contributed by atoms with van der Waals surface area (Å²) in [6.07, 6.45) is 6.91. The number of methoxy groups -OCH3 is 1. The molecule has 0 radical (unpaired) electrons. The molecule has 0 saturated heterocycles. The third-order valence-corrected chi connectivity index (χ3v) is 10.7.